The average Bonchev–Trinajstić information content (AvgIpc) is 2.67. The number of nitrogens with one attached hydrogen (secondary N) is 1. The van der Waals surface area contributed by atoms with Crippen molar-refractivity contribution in [3.05, 3.63) is 53.1 Å². The van der Waals surface area contributed by atoms with Crippen LogP contribution in [0.25, 0.3) is 0 Å². The standard InChI is InChI=1S/C23H31NO5S/c1-7-17(8-2)23(4,5)24-30(27,28)21-13-18(19(25)14-20(21)29-6)22(26)16-11-9-15(3)10-12-16/h9-14,17,24-25H,7-8H2,1-6H3. The molecule has 2 N–H and O–H groups in total. The summed E-state index contributed by atoms with van der Waals surface area (Å²) in [5.41, 5.74) is 0.545. The van der Waals surface area contributed by atoms with Gasteiger partial charge in [-0.05, 0) is 32.8 Å². The highest BCUT2D eigenvalue weighted by molar-refractivity contribution is 7.89. The van der Waals surface area contributed by atoms with Crippen molar-refractivity contribution in [2.45, 2.75) is 57.9 Å². The number of benzene rings is 2. The molecule has 30 heavy (non-hydrogen) atoms. The van der Waals surface area contributed by atoms with E-state index in [9.17, 15) is 18.3 Å². The molecule has 0 spiro atoms. The predicted molar refractivity (Wildman–Crippen MR) is 118 cm³/mol. The van der Waals surface area contributed by atoms with E-state index < -0.39 is 21.3 Å². The predicted octanol–water partition coefficient (Wildman–Crippen LogP) is 4.43. The highest BCUT2D eigenvalue weighted by Crippen LogP contribution is 2.34. The van der Waals surface area contributed by atoms with Crippen molar-refractivity contribution in [2.24, 2.45) is 5.92 Å². The monoisotopic (exact) mass is 433 g/mol. The van der Waals surface area contributed by atoms with Crippen molar-refractivity contribution in [1.82, 2.24) is 4.72 Å². The van der Waals surface area contributed by atoms with Gasteiger partial charge < -0.3 is 9.84 Å². The van der Waals surface area contributed by atoms with Gasteiger partial charge in [0.05, 0.1) is 12.7 Å². The third kappa shape index (κ3) is 5.02. The van der Waals surface area contributed by atoms with Crippen LogP contribution >= 0.6 is 0 Å². The fraction of sp³-hybridized carbons (Fsp3) is 0.435. The summed E-state index contributed by atoms with van der Waals surface area (Å²) in [6, 6.07) is 9.20. The summed E-state index contributed by atoms with van der Waals surface area (Å²) in [5, 5.41) is 10.4. The van der Waals surface area contributed by atoms with E-state index in [0.717, 1.165) is 18.4 Å². The van der Waals surface area contributed by atoms with Crippen LogP contribution in [-0.4, -0.2) is 32.0 Å². The molecule has 0 atom stereocenters. The smallest absolute Gasteiger partial charge is 0.244 e. The Morgan fingerprint density at radius 3 is 2.20 bits per heavy atom. The number of aromatic hydroxyl groups is 1. The molecule has 164 valence electrons. The third-order valence-electron chi connectivity index (χ3n) is 5.53. The second kappa shape index (κ2) is 9.18. The van der Waals surface area contributed by atoms with Crippen molar-refractivity contribution in [3.63, 3.8) is 0 Å². The van der Waals surface area contributed by atoms with Gasteiger partial charge in [0, 0.05) is 17.2 Å². The zero-order valence-corrected chi connectivity index (χ0v) is 19.3. The maximum atomic E-state index is 13.2. The summed E-state index contributed by atoms with van der Waals surface area (Å²) in [6.45, 7) is 9.62. The summed E-state index contributed by atoms with van der Waals surface area (Å²) in [4.78, 5) is 12.7. The number of methoxy groups -OCH3 is 1. The molecule has 0 aromatic heterocycles. The fourth-order valence-corrected chi connectivity index (χ4v) is 5.40. The van der Waals surface area contributed by atoms with Crippen LogP contribution in [0.15, 0.2) is 41.3 Å². The number of hydrogen-bond donors (Lipinski definition) is 2. The summed E-state index contributed by atoms with van der Waals surface area (Å²) in [5.74, 6) is -0.702. The topological polar surface area (TPSA) is 92.7 Å². The molecular formula is C23H31NO5S. The number of ketones is 1. The maximum Gasteiger partial charge on any atom is 0.244 e. The fourth-order valence-electron chi connectivity index (χ4n) is 3.75. The average molecular weight is 434 g/mol. The van der Waals surface area contributed by atoms with Crippen LogP contribution in [0.2, 0.25) is 0 Å². The third-order valence-corrected chi connectivity index (χ3v) is 7.23. The Morgan fingerprint density at radius 1 is 1.13 bits per heavy atom. The van der Waals surface area contributed by atoms with Crippen LogP contribution in [0, 0.1) is 12.8 Å². The largest absolute Gasteiger partial charge is 0.507 e. The number of aryl methyl sites for hydroxylation is 1. The van der Waals surface area contributed by atoms with Gasteiger partial charge in [-0.2, -0.15) is 0 Å². The van der Waals surface area contributed by atoms with E-state index in [0.29, 0.717) is 5.56 Å². The first-order valence-electron chi connectivity index (χ1n) is 10.0. The first-order chi connectivity index (χ1) is 14.0. The van der Waals surface area contributed by atoms with Gasteiger partial charge in [-0.25, -0.2) is 13.1 Å². The second-order valence-corrected chi connectivity index (χ2v) is 9.71. The molecular weight excluding hydrogens is 402 g/mol. The van der Waals surface area contributed by atoms with Crippen LogP contribution in [-0.2, 0) is 10.0 Å². The van der Waals surface area contributed by atoms with Gasteiger partial charge in [0.25, 0.3) is 0 Å². The normalized spacial score (nSPS) is 12.2. The zero-order chi connectivity index (χ0) is 22.7. The Morgan fingerprint density at radius 2 is 1.70 bits per heavy atom. The number of hydrogen-bond acceptors (Lipinski definition) is 5. The summed E-state index contributed by atoms with van der Waals surface area (Å²) in [7, 11) is -2.71. The molecule has 0 fully saturated rings. The lowest BCUT2D eigenvalue weighted by atomic mass is 9.84. The Kier molecular flexibility index (Phi) is 7.31. The number of rotatable bonds is 9. The number of phenols is 1. The van der Waals surface area contributed by atoms with Gasteiger partial charge >= 0.3 is 0 Å². The van der Waals surface area contributed by atoms with Crippen molar-refractivity contribution in [2.75, 3.05) is 7.11 Å². The van der Waals surface area contributed by atoms with Gasteiger partial charge in [-0.1, -0.05) is 56.5 Å². The van der Waals surface area contributed by atoms with Crippen LogP contribution in [0.4, 0.5) is 0 Å². The lowest BCUT2D eigenvalue weighted by Gasteiger charge is -2.34. The lowest BCUT2D eigenvalue weighted by Crippen LogP contribution is -2.48. The molecule has 0 unspecified atom stereocenters. The summed E-state index contributed by atoms with van der Waals surface area (Å²) < 4.78 is 34.5. The van der Waals surface area contributed by atoms with Gasteiger partial charge in [-0.3, -0.25) is 4.79 Å². The minimum atomic E-state index is -4.03. The molecule has 0 saturated heterocycles. The second-order valence-electron chi connectivity index (χ2n) is 8.06. The van der Waals surface area contributed by atoms with Gasteiger partial charge in [0.1, 0.15) is 16.4 Å². The Hall–Kier alpha value is -2.38. The van der Waals surface area contributed by atoms with E-state index in [1.54, 1.807) is 24.3 Å². The van der Waals surface area contributed by atoms with Gasteiger partial charge in [0.2, 0.25) is 10.0 Å². The number of ether oxygens (including phenoxy) is 1. The first kappa shape index (κ1) is 23.9. The molecule has 2 aromatic rings. The molecule has 2 aromatic carbocycles. The summed E-state index contributed by atoms with van der Waals surface area (Å²) >= 11 is 0. The van der Waals surface area contributed by atoms with Crippen molar-refractivity contribution in [1.29, 1.82) is 0 Å². The van der Waals surface area contributed by atoms with Gasteiger partial charge in [-0.15, -0.1) is 0 Å². The molecule has 0 aliphatic heterocycles. The minimum Gasteiger partial charge on any atom is -0.507 e. The van der Waals surface area contributed by atoms with Crippen molar-refractivity contribution < 1.29 is 23.1 Å². The lowest BCUT2D eigenvalue weighted by molar-refractivity contribution is 0.103. The van der Waals surface area contributed by atoms with Gasteiger partial charge in [0.15, 0.2) is 5.78 Å². The first-order valence-corrected chi connectivity index (χ1v) is 11.5. The minimum absolute atomic E-state index is 0.0270. The quantitative estimate of drug-likeness (QED) is 0.571. The van der Waals surface area contributed by atoms with E-state index in [1.165, 1.54) is 19.2 Å². The van der Waals surface area contributed by atoms with E-state index in [-0.39, 0.29) is 27.9 Å². The van der Waals surface area contributed by atoms with Crippen molar-refractivity contribution >= 4 is 15.8 Å². The zero-order valence-electron chi connectivity index (χ0n) is 18.4. The molecule has 0 saturated carbocycles. The number of sulfonamides is 1. The highest BCUT2D eigenvalue weighted by Gasteiger charge is 2.34. The Balaban J connectivity index is 2.55. The molecule has 0 radical (unpaired) electrons. The molecule has 0 amide bonds. The van der Waals surface area contributed by atoms with Crippen LogP contribution < -0.4 is 9.46 Å². The molecule has 0 aliphatic rings. The van der Waals surface area contributed by atoms with E-state index >= 15 is 0 Å². The summed E-state index contributed by atoms with van der Waals surface area (Å²) in [6.07, 6.45) is 1.63. The molecule has 0 aliphatic carbocycles. The molecule has 7 heteroatoms. The Bertz CT molecular complexity index is 1010. The highest BCUT2D eigenvalue weighted by atomic mass is 32.2. The molecule has 0 heterocycles. The SMILES string of the molecule is CCC(CC)C(C)(C)NS(=O)(=O)c1cc(C(=O)c2ccc(C)cc2)c(O)cc1OC. The van der Waals surface area contributed by atoms with E-state index in [2.05, 4.69) is 4.72 Å². The molecule has 0 bridgehead atoms. The molecule has 6 nitrogen and oxygen atoms in total. The van der Waals surface area contributed by atoms with Crippen molar-refractivity contribution in [3.8, 4) is 11.5 Å². The Labute approximate surface area is 179 Å². The van der Waals surface area contributed by atoms with Crippen LogP contribution in [0.5, 0.6) is 11.5 Å². The van der Waals surface area contributed by atoms with E-state index in [1.807, 2.05) is 34.6 Å². The number of carbonyl (C=O) groups excluding carboxylic acids is 1. The van der Waals surface area contributed by atoms with Crippen LogP contribution in [0.3, 0.4) is 0 Å². The molecule has 2 rings (SSSR count). The number of phenolic OH excluding ortho intramolecular Hbond substituents is 1. The van der Waals surface area contributed by atoms with E-state index in [4.69, 9.17) is 4.74 Å². The number of carbonyl (C=O) groups is 1. The maximum absolute atomic E-state index is 13.2. The van der Waals surface area contributed by atoms with Crippen LogP contribution in [0.1, 0.15) is 62.0 Å².